The number of halogens is 2. The Morgan fingerprint density at radius 2 is 2.14 bits per heavy atom. The highest BCUT2D eigenvalue weighted by atomic mass is 35.5. The average Bonchev–Trinajstić information content (AvgIpc) is 2.49. The molecular weight excluding hydrogens is 227 g/mol. The van der Waals surface area contributed by atoms with Crippen molar-refractivity contribution in [1.29, 1.82) is 0 Å². The highest BCUT2D eigenvalue weighted by Gasteiger charge is 2.10. The molecule has 0 saturated carbocycles. The number of fused-ring (bicyclic) bond motifs is 1. The minimum absolute atomic E-state index is 0.00466. The molecule has 2 aromatic heterocycles. The van der Waals surface area contributed by atoms with Crippen molar-refractivity contribution in [2.45, 2.75) is 6.54 Å². The minimum atomic E-state index is 0.00466. The van der Waals surface area contributed by atoms with E-state index in [1.54, 1.807) is 4.57 Å². The van der Waals surface area contributed by atoms with E-state index in [2.05, 4.69) is 15.0 Å². The van der Waals surface area contributed by atoms with Crippen molar-refractivity contribution in [2.75, 3.05) is 6.61 Å². The quantitative estimate of drug-likeness (QED) is 0.623. The van der Waals surface area contributed by atoms with Crippen LogP contribution in [0.25, 0.3) is 11.2 Å². The van der Waals surface area contributed by atoms with Gasteiger partial charge in [-0.1, -0.05) is 11.6 Å². The van der Waals surface area contributed by atoms with E-state index in [1.807, 2.05) is 0 Å². The summed E-state index contributed by atoms with van der Waals surface area (Å²) in [5, 5.41) is 9.07. The average molecular weight is 233 g/mol. The molecule has 74 valence electrons. The van der Waals surface area contributed by atoms with E-state index in [0.717, 1.165) is 0 Å². The molecule has 0 aliphatic heterocycles. The summed E-state index contributed by atoms with van der Waals surface area (Å²) in [6, 6.07) is 0. The summed E-state index contributed by atoms with van der Waals surface area (Å²) >= 11 is 11.4. The van der Waals surface area contributed by atoms with Crippen molar-refractivity contribution in [3.63, 3.8) is 0 Å². The maximum absolute atomic E-state index is 8.78. The topological polar surface area (TPSA) is 63.8 Å². The summed E-state index contributed by atoms with van der Waals surface area (Å²) < 4.78 is 1.66. The summed E-state index contributed by atoms with van der Waals surface area (Å²) in [5.41, 5.74) is 1.02. The number of aliphatic hydroxyl groups excluding tert-OH is 1. The molecule has 0 aliphatic rings. The Kier molecular flexibility index (Phi) is 2.54. The Hall–Kier alpha value is -0.910. The van der Waals surface area contributed by atoms with Gasteiger partial charge in [-0.25, -0.2) is 9.97 Å². The summed E-state index contributed by atoms with van der Waals surface area (Å²) in [5.74, 6) is 0. The van der Waals surface area contributed by atoms with Gasteiger partial charge in [0.25, 0.3) is 0 Å². The molecule has 0 saturated heterocycles. The van der Waals surface area contributed by atoms with Crippen LogP contribution in [0.1, 0.15) is 0 Å². The van der Waals surface area contributed by atoms with Crippen LogP contribution in [0.3, 0.4) is 0 Å². The molecular formula is C7H6Cl2N4O. The van der Waals surface area contributed by atoms with Crippen molar-refractivity contribution < 1.29 is 5.11 Å². The van der Waals surface area contributed by atoms with Gasteiger partial charge < -0.3 is 9.67 Å². The Bertz CT molecular complexity index is 470. The largest absolute Gasteiger partial charge is 0.395 e. The van der Waals surface area contributed by atoms with Gasteiger partial charge in [-0.15, -0.1) is 0 Å². The molecule has 5 nitrogen and oxygen atoms in total. The second kappa shape index (κ2) is 3.68. The van der Waals surface area contributed by atoms with Crippen molar-refractivity contribution in [3.8, 4) is 0 Å². The normalized spacial score (nSPS) is 11.1. The van der Waals surface area contributed by atoms with Crippen LogP contribution in [0, 0.1) is 0 Å². The third kappa shape index (κ3) is 1.54. The lowest BCUT2D eigenvalue weighted by Crippen LogP contribution is -2.01. The van der Waals surface area contributed by atoms with Crippen LogP contribution in [0.15, 0.2) is 6.33 Å². The molecule has 0 amide bonds. The molecule has 0 fully saturated rings. The van der Waals surface area contributed by atoms with Gasteiger partial charge in [-0.3, -0.25) is 0 Å². The van der Waals surface area contributed by atoms with Crippen molar-refractivity contribution in [3.05, 3.63) is 16.8 Å². The number of aromatic nitrogens is 4. The van der Waals surface area contributed by atoms with Gasteiger partial charge in [0.1, 0.15) is 5.52 Å². The molecule has 0 bridgehead atoms. The molecule has 0 aliphatic carbocycles. The molecule has 1 N–H and O–H groups in total. The fourth-order valence-corrected chi connectivity index (χ4v) is 1.58. The molecule has 0 unspecified atom stereocenters. The Labute approximate surface area is 89.3 Å². The van der Waals surface area contributed by atoms with Gasteiger partial charge >= 0.3 is 0 Å². The first-order chi connectivity index (χ1) is 6.72. The fraction of sp³-hybridized carbons (Fsp3) is 0.286. The van der Waals surface area contributed by atoms with E-state index in [-0.39, 0.29) is 17.0 Å². The number of hydrogen-bond acceptors (Lipinski definition) is 4. The fourth-order valence-electron chi connectivity index (χ4n) is 1.16. The van der Waals surface area contributed by atoms with Gasteiger partial charge in [0, 0.05) is 6.54 Å². The van der Waals surface area contributed by atoms with Crippen LogP contribution >= 0.6 is 23.2 Å². The number of nitrogens with zero attached hydrogens (tertiary/aromatic N) is 4. The van der Waals surface area contributed by atoms with Crippen molar-refractivity contribution >= 4 is 34.4 Å². The van der Waals surface area contributed by atoms with E-state index in [0.29, 0.717) is 17.7 Å². The zero-order valence-electron chi connectivity index (χ0n) is 6.98. The molecule has 7 heteroatoms. The summed E-state index contributed by atoms with van der Waals surface area (Å²) in [6.45, 7) is 0.408. The minimum Gasteiger partial charge on any atom is -0.395 e. The molecule has 0 spiro atoms. The van der Waals surface area contributed by atoms with Crippen LogP contribution in [-0.4, -0.2) is 31.2 Å². The van der Waals surface area contributed by atoms with E-state index in [4.69, 9.17) is 28.3 Å². The highest BCUT2D eigenvalue weighted by Crippen LogP contribution is 2.20. The molecule has 14 heavy (non-hydrogen) atoms. The maximum Gasteiger partial charge on any atom is 0.225 e. The SMILES string of the molecule is OCCn1cnc2c(Cl)nc(Cl)nc21. The first kappa shape index (κ1) is 9.64. The van der Waals surface area contributed by atoms with Crippen LogP contribution in [0.5, 0.6) is 0 Å². The van der Waals surface area contributed by atoms with Gasteiger partial charge in [-0.2, -0.15) is 4.98 Å². The summed E-state index contributed by atoms with van der Waals surface area (Å²) in [4.78, 5) is 11.7. The first-order valence-electron chi connectivity index (χ1n) is 3.87. The predicted octanol–water partition coefficient (Wildman–Crippen LogP) is 1.13. The monoisotopic (exact) mass is 232 g/mol. The van der Waals surface area contributed by atoms with Crippen LogP contribution < -0.4 is 0 Å². The zero-order chi connectivity index (χ0) is 10.1. The first-order valence-corrected chi connectivity index (χ1v) is 4.62. The molecule has 0 aromatic carbocycles. The van der Waals surface area contributed by atoms with Gasteiger partial charge in [0.05, 0.1) is 12.9 Å². The highest BCUT2D eigenvalue weighted by molar-refractivity contribution is 6.35. The van der Waals surface area contributed by atoms with Crippen molar-refractivity contribution in [2.24, 2.45) is 0 Å². The zero-order valence-corrected chi connectivity index (χ0v) is 8.50. The molecule has 2 aromatic rings. The third-order valence-electron chi connectivity index (χ3n) is 1.73. The van der Waals surface area contributed by atoms with E-state index < -0.39 is 0 Å². The second-order valence-electron chi connectivity index (χ2n) is 2.62. The number of imidazole rings is 1. The van der Waals surface area contributed by atoms with E-state index in [9.17, 15) is 0 Å². The molecule has 0 radical (unpaired) electrons. The lowest BCUT2D eigenvalue weighted by molar-refractivity contribution is 0.277. The summed E-state index contributed by atoms with van der Waals surface area (Å²) in [6.07, 6.45) is 1.54. The standard InChI is InChI=1S/C7H6Cl2N4O/c8-5-4-6(12-7(9)11-5)13(1-2-14)3-10-4/h3,14H,1-2H2. The lowest BCUT2D eigenvalue weighted by Gasteiger charge is -1.99. The number of rotatable bonds is 2. The van der Waals surface area contributed by atoms with Gasteiger partial charge in [0.2, 0.25) is 5.28 Å². The second-order valence-corrected chi connectivity index (χ2v) is 3.31. The number of hydrogen-bond donors (Lipinski definition) is 1. The smallest absolute Gasteiger partial charge is 0.225 e. The molecule has 0 atom stereocenters. The van der Waals surface area contributed by atoms with Gasteiger partial charge in [-0.05, 0) is 11.6 Å². The Morgan fingerprint density at radius 1 is 1.36 bits per heavy atom. The van der Waals surface area contributed by atoms with E-state index in [1.165, 1.54) is 6.33 Å². The van der Waals surface area contributed by atoms with Crippen molar-refractivity contribution in [1.82, 2.24) is 19.5 Å². The van der Waals surface area contributed by atoms with Crippen LogP contribution in [0.4, 0.5) is 0 Å². The van der Waals surface area contributed by atoms with Crippen LogP contribution in [0.2, 0.25) is 10.4 Å². The lowest BCUT2D eigenvalue weighted by atomic mass is 10.5. The Morgan fingerprint density at radius 3 is 2.86 bits per heavy atom. The predicted molar refractivity (Wildman–Crippen MR) is 52.4 cm³/mol. The Balaban J connectivity index is 2.66. The molecule has 2 heterocycles. The molecule has 2 rings (SSSR count). The van der Waals surface area contributed by atoms with E-state index >= 15 is 0 Å². The van der Waals surface area contributed by atoms with Gasteiger partial charge in [0.15, 0.2) is 10.8 Å². The van der Waals surface area contributed by atoms with Crippen LogP contribution in [-0.2, 0) is 6.54 Å². The maximum atomic E-state index is 8.78. The summed E-state index contributed by atoms with van der Waals surface area (Å²) in [7, 11) is 0. The number of aliphatic hydroxyl groups is 1. The third-order valence-corrected chi connectivity index (χ3v) is 2.17.